The van der Waals surface area contributed by atoms with E-state index in [1.165, 1.54) is 0 Å². The summed E-state index contributed by atoms with van der Waals surface area (Å²) in [6.07, 6.45) is 0. The monoisotopic (exact) mass is 408 g/mol. The Morgan fingerprint density at radius 1 is 0.897 bits per heavy atom. The molecule has 0 heterocycles. The number of benzene rings is 3. The summed E-state index contributed by atoms with van der Waals surface area (Å²) in [6.45, 7) is 5.61. The molecule has 1 N–H and O–H groups in total. The van der Waals surface area contributed by atoms with Crippen LogP contribution in [-0.2, 0) is 11.2 Å². The Morgan fingerprint density at radius 3 is 1.83 bits per heavy atom. The number of carbonyl (C=O) groups is 1. The average Bonchev–Trinajstić information content (AvgIpc) is 2.72. The van der Waals surface area contributed by atoms with Crippen LogP contribution in [0.5, 0.6) is 5.75 Å². The predicted octanol–water partition coefficient (Wildman–Crippen LogP) is 4.27. The third kappa shape index (κ3) is 3.91. The molecule has 0 aliphatic carbocycles. The number of aliphatic hydroxyl groups is 1. The van der Waals surface area contributed by atoms with E-state index in [-0.39, 0.29) is 12.1 Å². The second kappa shape index (κ2) is 8.36. The molecule has 3 aromatic carbocycles. The van der Waals surface area contributed by atoms with Gasteiger partial charge in [0.15, 0.2) is 0 Å². The summed E-state index contributed by atoms with van der Waals surface area (Å²) in [7, 11) is -2.08. The van der Waals surface area contributed by atoms with Gasteiger partial charge in [-0.05, 0) is 61.7 Å². The first kappa shape index (κ1) is 21.0. The van der Waals surface area contributed by atoms with Crippen LogP contribution in [0.2, 0.25) is 0 Å². The first-order valence-corrected chi connectivity index (χ1v) is 11.1. The fourth-order valence-corrected chi connectivity index (χ4v) is 6.23. The van der Waals surface area contributed by atoms with Crippen LogP contribution in [0.3, 0.4) is 0 Å². The predicted molar refractivity (Wildman–Crippen MR) is 117 cm³/mol. The summed E-state index contributed by atoms with van der Waals surface area (Å²) in [5.74, 6) is 0.631. The molecule has 3 aromatic rings. The quantitative estimate of drug-likeness (QED) is 0.619. The molecule has 0 amide bonds. The van der Waals surface area contributed by atoms with Crippen molar-refractivity contribution in [1.29, 1.82) is 0 Å². The van der Waals surface area contributed by atoms with E-state index in [2.05, 4.69) is 0 Å². The van der Waals surface area contributed by atoms with Gasteiger partial charge in [0.2, 0.25) is 12.7 Å². The minimum atomic E-state index is -3.64. The molecule has 0 aliphatic heterocycles. The molecule has 0 bridgehead atoms. The number of aliphatic hydroxyl groups excluding tert-OH is 1. The summed E-state index contributed by atoms with van der Waals surface area (Å²) in [5, 5.41) is 10.2. The molecular weight excluding hydrogens is 383 g/mol. The maximum Gasteiger partial charge on any atom is 0.230 e. The van der Waals surface area contributed by atoms with Crippen LogP contribution in [0.25, 0.3) is 0 Å². The maximum atomic E-state index is 14.5. The van der Waals surface area contributed by atoms with Gasteiger partial charge < -0.3 is 14.4 Å². The Morgan fingerprint density at radius 2 is 1.38 bits per heavy atom. The zero-order valence-electron chi connectivity index (χ0n) is 17.1. The lowest BCUT2D eigenvalue weighted by molar-refractivity contribution is 0.107. The van der Waals surface area contributed by atoms with E-state index < -0.39 is 7.14 Å². The number of methoxy groups -OCH3 is 1. The number of rotatable bonds is 6. The standard InChI is InChI=1S/C24H25O4P/c1-16-13-17(2)23(18(3)14-16)24(26)29(27,21-9-5-19(15-25)6-10-21)22-11-7-20(28-4)8-12-22/h5-14,25H,15H2,1-4H3. The van der Waals surface area contributed by atoms with Crippen LogP contribution in [0, 0.1) is 20.8 Å². The fraction of sp³-hybridized carbons (Fsp3) is 0.208. The molecule has 29 heavy (non-hydrogen) atoms. The molecule has 0 aliphatic rings. The van der Waals surface area contributed by atoms with Gasteiger partial charge in [0.1, 0.15) is 5.75 Å². The lowest BCUT2D eigenvalue weighted by Gasteiger charge is -2.21. The van der Waals surface area contributed by atoms with Gasteiger partial charge in [-0.3, -0.25) is 4.79 Å². The van der Waals surface area contributed by atoms with Crippen molar-refractivity contribution in [3.8, 4) is 5.75 Å². The molecule has 0 radical (unpaired) electrons. The van der Waals surface area contributed by atoms with Crippen molar-refractivity contribution >= 4 is 23.3 Å². The van der Waals surface area contributed by atoms with Gasteiger partial charge in [0.05, 0.1) is 13.7 Å². The number of carbonyl (C=O) groups excluding carboxylic acids is 1. The highest BCUT2D eigenvalue weighted by Crippen LogP contribution is 2.48. The van der Waals surface area contributed by atoms with E-state index in [4.69, 9.17) is 4.74 Å². The van der Waals surface area contributed by atoms with Crippen LogP contribution in [-0.4, -0.2) is 17.7 Å². The molecule has 0 aromatic heterocycles. The Kier molecular flexibility index (Phi) is 6.07. The second-order valence-electron chi connectivity index (χ2n) is 7.21. The Labute approximate surface area is 171 Å². The van der Waals surface area contributed by atoms with Gasteiger partial charge in [0, 0.05) is 16.2 Å². The molecule has 0 spiro atoms. The van der Waals surface area contributed by atoms with Crippen LogP contribution >= 0.6 is 7.14 Å². The number of ether oxygens (including phenoxy) is 1. The molecular formula is C24H25O4P. The average molecular weight is 408 g/mol. The smallest absolute Gasteiger partial charge is 0.230 e. The summed E-state index contributed by atoms with van der Waals surface area (Å²) in [5.41, 5.74) is 3.50. The molecule has 150 valence electrons. The van der Waals surface area contributed by atoms with Crippen LogP contribution < -0.4 is 15.3 Å². The Balaban J connectivity index is 2.24. The SMILES string of the molecule is COc1ccc(P(=O)(C(=O)c2c(C)cc(C)cc2C)c2ccc(CO)cc2)cc1. The van der Waals surface area contributed by atoms with Crippen molar-refractivity contribution < 1.29 is 19.2 Å². The second-order valence-corrected chi connectivity index (χ2v) is 9.87. The van der Waals surface area contributed by atoms with Crippen LogP contribution in [0.1, 0.15) is 32.6 Å². The van der Waals surface area contributed by atoms with Crippen molar-refractivity contribution in [2.75, 3.05) is 7.11 Å². The highest BCUT2D eigenvalue weighted by Gasteiger charge is 2.38. The molecule has 1 atom stereocenters. The molecule has 1 unspecified atom stereocenters. The van der Waals surface area contributed by atoms with E-state index in [1.54, 1.807) is 55.6 Å². The summed E-state index contributed by atoms with van der Waals surface area (Å²) in [4.78, 5) is 13.8. The highest BCUT2D eigenvalue weighted by molar-refractivity contribution is 7.93. The summed E-state index contributed by atoms with van der Waals surface area (Å²) in [6, 6.07) is 17.4. The number of aryl methyl sites for hydroxylation is 3. The van der Waals surface area contributed by atoms with Crippen molar-refractivity contribution in [3.63, 3.8) is 0 Å². The summed E-state index contributed by atoms with van der Waals surface area (Å²) >= 11 is 0. The largest absolute Gasteiger partial charge is 0.497 e. The van der Waals surface area contributed by atoms with E-state index in [0.29, 0.717) is 27.5 Å². The van der Waals surface area contributed by atoms with Gasteiger partial charge in [-0.15, -0.1) is 0 Å². The van der Waals surface area contributed by atoms with Gasteiger partial charge in [-0.2, -0.15) is 0 Å². The Hall–Kier alpha value is -2.68. The van der Waals surface area contributed by atoms with E-state index in [9.17, 15) is 14.5 Å². The van der Waals surface area contributed by atoms with Gasteiger partial charge in [-0.25, -0.2) is 0 Å². The molecule has 5 heteroatoms. The molecule has 0 saturated heterocycles. The zero-order chi connectivity index (χ0) is 21.2. The molecule has 0 saturated carbocycles. The maximum absolute atomic E-state index is 14.5. The lowest BCUT2D eigenvalue weighted by atomic mass is 10.0. The van der Waals surface area contributed by atoms with Crippen LogP contribution in [0.4, 0.5) is 0 Å². The van der Waals surface area contributed by atoms with E-state index in [0.717, 1.165) is 16.7 Å². The number of hydrogen-bond acceptors (Lipinski definition) is 4. The van der Waals surface area contributed by atoms with Gasteiger partial charge >= 0.3 is 0 Å². The van der Waals surface area contributed by atoms with Crippen molar-refractivity contribution in [3.05, 3.63) is 88.5 Å². The minimum Gasteiger partial charge on any atom is -0.497 e. The third-order valence-corrected chi connectivity index (χ3v) is 7.94. The Bertz CT molecular complexity index is 1010. The highest BCUT2D eigenvalue weighted by atomic mass is 31.2. The fourth-order valence-electron chi connectivity index (χ4n) is 3.66. The van der Waals surface area contributed by atoms with Crippen molar-refractivity contribution in [2.45, 2.75) is 27.4 Å². The lowest BCUT2D eigenvalue weighted by Crippen LogP contribution is -2.24. The molecule has 4 nitrogen and oxygen atoms in total. The summed E-state index contributed by atoms with van der Waals surface area (Å²) < 4.78 is 19.7. The van der Waals surface area contributed by atoms with Crippen LogP contribution in [0.15, 0.2) is 60.7 Å². The molecule has 0 fully saturated rings. The van der Waals surface area contributed by atoms with Crippen molar-refractivity contribution in [2.24, 2.45) is 0 Å². The first-order valence-electron chi connectivity index (χ1n) is 9.39. The third-order valence-electron chi connectivity index (χ3n) is 5.10. The van der Waals surface area contributed by atoms with E-state index in [1.807, 2.05) is 32.9 Å². The van der Waals surface area contributed by atoms with Gasteiger partial charge in [0.25, 0.3) is 0 Å². The zero-order valence-corrected chi connectivity index (χ0v) is 18.0. The van der Waals surface area contributed by atoms with Gasteiger partial charge in [-0.1, -0.05) is 42.0 Å². The van der Waals surface area contributed by atoms with E-state index >= 15 is 0 Å². The first-order chi connectivity index (χ1) is 13.8. The van der Waals surface area contributed by atoms with Crippen molar-refractivity contribution in [1.82, 2.24) is 0 Å². The number of hydrogen-bond donors (Lipinski definition) is 1. The molecule has 3 rings (SSSR count). The topological polar surface area (TPSA) is 63.6 Å². The normalized spacial score (nSPS) is 13.0. The minimum absolute atomic E-state index is 0.114.